The van der Waals surface area contributed by atoms with E-state index in [4.69, 9.17) is 19.4 Å². The molecular weight excluding hydrogens is 707 g/mol. The number of rotatable bonds is 7. The fraction of sp³-hybridized carbons (Fsp3) is 0.185. The van der Waals surface area contributed by atoms with Gasteiger partial charge in [-0.25, -0.2) is 15.0 Å². The number of nitrogens with zero attached hydrogens (tertiary/aromatic N) is 3. The molecule has 5 aromatic rings. The van der Waals surface area contributed by atoms with E-state index in [0.717, 1.165) is 72.6 Å². The van der Waals surface area contributed by atoms with Crippen molar-refractivity contribution in [1.29, 1.82) is 0 Å². The molecule has 0 saturated carbocycles. The predicted octanol–water partition coefficient (Wildman–Crippen LogP) is 12.8. The second-order valence-corrected chi connectivity index (χ2v) is 16.2. The summed E-state index contributed by atoms with van der Waals surface area (Å²) < 4.78 is 6.88. The van der Waals surface area contributed by atoms with Crippen molar-refractivity contribution in [3.05, 3.63) is 214 Å². The second-order valence-electron chi connectivity index (χ2n) is 16.2. The van der Waals surface area contributed by atoms with Gasteiger partial charge in [0.1, 0.15) is 11.5 Å². The summed E-state index contributed by atoms with van der Waals surface area (Å²) in [6.45, 7) is 0. The standard InChI is InChI=1S/C54H43N3O/c1-4-14-35(15-5-1)41-26-27-43(31-41)48-34-49-46-29-28-42(33-50(46)58-51(49)47-25-11-10-24-45(47)48)39-21-12-20-38(30-39)40-22-13-23-44(32-40)54-56-52(36-16-6-2-7-17-36)55-53(57-54)37-18-8-3-9-19-37/h1-8,10-14,16-18,21-26,28-32,35,38,42,48H,9,15,19-20,33-34H2/t35?,38-,42?,48?/m1/s1. The van der Waals surface area contributed by atoms with Crippen molar-refractivity contribution < 1.29 is 4.42 Å². The minimum atomic E-state index is 0.245. The van der Waals surface area contributed by atoms with Gasteiger partial charge < -0.3 is 4.42 Å². The summed E-state index contributed by atoms with van der Waals surface area (Å²) in [5.74, 6) is 5.49. The van der Waals surface area contributed by atoms with E-state index >= 15 is 0 Å². The summed E-state index contributed by atoms with van der Waals surface area (Å²) in [5, 5.41) is 0. The SMILES string of the molecule is C1=CC(C2C=CC=CC2)=CC=1C1Cc2c(oc3c2C=CC(C2=C[C@H](c4cccc(-c5nc(C6=CC=CCC6)nc(-c6ccccc6)n5)c4)CC=C2)C3)-c2ccccc21. The normalized spacial score (nSPS) is 22.5. The highest BCUT2D eigenvalue weighted by atomic mass is 16.3. The minimum absolute atomic E-state index is 0.245. The lowest BCUT2D eigenvalue weighted by molar-refractivity contribution is 0.496. The van der Waals surface area contributed by atoms with Crippen molar-refractivity contribution in [2.45, 2.75) is 50.4 Å². The quantitative estimate of drug-likeness (QED) is 0.156. The summed E-state index contributed by atoms with van der Waals surface area (Å²) in [7, 11) is 0. The van der Waals surface area contributed by atoms with E-state index in [1.807, 2.05) is 18.2 Å². The molecule has 6 aliphatic carbocycles. The van der Waals surface area contributed by atoms with Gasteiger partial charge in [0.05, 0.1) is 0 Å². The van der Waals surface area contributed by atoms with Crippen LogP contribution in [0.3, 0.4) is 0 Å². The van der Waals surface area contributed by atoms with Gasteiger partial charge in [-0.3, -0.25) is 0 Å². The number of benzene rings is 3. The van der Waals surface area contributed by atoms with Crippen molar-refractivity contribution in [1.82, 2.24) is 15.0 Å². The van der Waals surface area contributed by atoms with Crippen LogP contribution in [-0.4, -0.2) is 15.0 Å². The van der Waals surface area contributed by atoms with Crippen molar-refractivity contribution in [3.8, 4) is 34.1 Å². The lowest BCUT2D eigenvalue weighted by Gasteiger charge is -2.26. The van der Waals surface area contributed by atoms with Crippen LogP contribution in [0.15, 0.2) is 185 Å². The number of furan rings is 1. The topological polar surface area (TPSA) is 51.8 Å². The highest BCUT2D eigenvalue weighted by Crippen LogP contribution is 2.49. The molecule has 0 aliphatic heterocycles. The molecule has 280 valence electrons. The van der Waals surface area contributed by atoms with Crippen LogP contribution >= 0.6 is 0 Å². The maximum atomic E-state index is 6.88. The maximum absolute atomic E-state index is 6.88. The van der Waals surface area contributed by atoms with Gasteiger partial charge in [0.2, 0.25) is 0 Å². The Morgan fingerprint density at radius 3 is 2.40 bits per heavy atom. The Morgan fingerprint density at radius 2 is 1.52 bits per heavy atom. The zero-order valence-electron chi connectivity index (χ0n) is 32.4. The Morgan fingerprint density at radius 1 is 0.672 bits per heavy atom. The van der Waals surface area contributed by atoms with Gasteiger partial charge in [0.15, 0.2) is 17.5 Å². The van der Waals surface area contributed by atoms with Crippen molar-refractivity contribution in [2.24, 2.45) is 11.8 Å². The second kappa shape index (κ2) is 14.7. The molecule has 0 radical (unpaired) electrons. The van der Waals surface area contributed by atoms with Crippen molar-refractivity contribution >= 4 is 11.6 Å². The molecule has 0 N–H and O–H groups in total. The summed E-state index contributed by atoms with van der Waals surface area (Å²) in [6.07, 6.45) is 37.5. The first-order chi connectivity index (χ1) is 28.7. The molecule has 3 aromatic carbocycles. The average molecular weight is 750 g/mol. The van der Waals surface area contributed by atoms with E-state index in [1.165, 1.54) is 44.5 Å². The molecule has 2 aromatic heterocycles. The molecule has 4 atom stereocenters. The first kappa shape index (κ1) is 34.6. The number of hydrogen-bond donors (Lipinski definition) is 0. The first-order valence-electron chi connectivity index (χ1n) is 20.8. The van der Waals surface area contributed by atoms with Crippen molar-refractivity contribution in [2.75, 3.05) is 0 Å². The monoisotopic (exact) mass is 749 g/mol. The van der Waals surface area contributed by atoms with Crippen LogP contribution in [0, 0.1) is 11.8 Å². The van der Waals surface area contributed by atoms with Crippen LogP contribution < -0.4 is 0 Å². The van der Waals surface area contributed by atoms with E-state index < -0.39 is 0 Å². The van der Waals surface area contributed by atoms with Crippen LogP contribution in [0.25, 0.3) is 45.7 Å². The molecule has 0 spiro atoms. The molecule has 0 amide bonds. The minimum Gasteiger partial charge on any atom is -0.460 e. The van der Waals surface area contributed by atoms with Crippen molar-refractivity contribution in [3.63, 3.8) is 0 Å². The van der Waals surface area contributed by atoms with Gasteiger partial charge in [-0.1, -0.05) is 146 Å². The summed E-state index contributed by atoms with van der Waals surface area (Å²) in [6, 6.07) is 27.9. The van der Waals surface area contributed by atoms with Gasteiger partial charge in [0, 0.05) is 63.5 Å². The molecule has 11 rings (SSSR count). The fourth-order valence-electron chi connectivity index (χ4n) is 9.53. The molecule has 3 unspecified atom stereocenters. The van der Waals surface area contributed by atoms with Gasteiger partial charge in [-0.15, -0.1) is 5.73 Å². The van der Waals surface area contributed by atoms with E-state index in [9.17, 15) is 0 Å². The largest absolute Gasteiger partial charge is 0.460 e. The summed E-state index contributed by atoms with van der Waals surface area (Å²) >= 11 is 0. The maximum Gasteiger partial charge on any atom is 0.164 e. The highest BCUT2D eigenvalue weighted by Gasteiger charge is 2.35. The molecule has 4 nitrogen and oxygen atoms in total. The van der Waals surface area contributed by atoms with E-state index in [0.29, 0.717) is 17.6 Å². The van der Waals surface area contributed by atoms with E-state index in [1.54, 1.807) is 0 Å². The first-order valence-corrected chi connectivity index (χ1v) is 20.8. The molecule has 0 bridgehead atoms. The number of allylic oxidation sites excluding steroid dienone is 16. The predicted molar refractivity (Wildman–Crippen MR) is 235 cm³/mol. The highest BCUT2D eigenvalue weighted by molar-refractivity contribution is 5.78. The molecule has 0 fully saturated rings. The average Bonchev–Trinajstić information content (AvgIpc) is 3.95. The van der Waals surface area contributed by atoms with Crippen LogP contribution in [0.2, 0.25) is 0 Å². The Balaban J connectivity index is 0.869. The summed E-state index contributed by atoms with van der Waals surface area (Å²) in [4.78, 5) is 15.0. The summed E-state index contributed by atoms with van der Waals surface area (Å²) in [5.41, 5.74) is 17.2. The zero-order valence-corrected chi connectivity index (χ0v) is 32.4. The van der Waals surface area contributed by atoms with Gasteiger partial charge in [0.25, 0.3) is 0 Å². The van der Waals surface area contributed by atoms with Crippen LogP contribution in [0.1, 0.15) is 71.4 Å². The Kier molecular flexibility index (Phi) is 8.79. The van der Waals surface area contributed by atoms with Crippen LogP contribution in [-0.2, 0) is 12.8 Å². The van der Waals surface area contributed by atoms with E-state index in [2.05, 4.69) is 151 Å². The van der Waals surface area contributed by atoms with Gasteiger partial charge in [-0.05, 0) is 78.2 Å². The van der Waals surface area contributed by atoms with Crippen LogP contribution in [0.4, 0.5) is 0 Å². The third-order valence-corrected chi connectivity index (χ3v) is 12.6. The molecule has 58 heavy (non-hydrogen) atoms. The Bertz CT molecular complexity index is 2790. The molecule has 6 aliphatic rings. The number of fused-ring (bicyclic) bond motifs is 5. The smallest absolute Gasteiger partial charge is 0.164 e. The van der Waals surface area contributed by atoms with Crippen LogP contribution in [0.5, 0.6) is 0 Å². The zero-order chi connectivity index (χ0) is 38.4. The Hall–Kier alpha value is -6.61. The lowest BCUT2D eigenvalue weighted by atomic mass is 9.76. The molecule has 4 heteroatoms. The number of aromatic nitrogens is 3. The van der Waals surface area contributed by atoms with E-state index in [-0.39, 0.29) is 17.8 Å². The molecular formula is C54H43N3O. The fourth-order valence-corrected chi connectivity index (χ4v) is 9.53. The third-order valence-electron chi connectivity index (χ3n) is 12.6. The number of hydrogen-bond acceptors (Lipinski definition) is 4. The molecule has 2 heterocycles. The third kappa shape index (κ3) is 6.40. The molecule has 0 saturated heterocycles. The Labute approximate surface area is 340 Å². The van der Waals surface area contributed by atoms with Gasteiger partial charge >= 0.3 is 0 Å². The van der Waals surface area contributed by atoms with Gasteiger partial charge in [-0.2, -0.15) is 0 Å². The lowest BCUT2D eigenvalue weighted by Crippen LogP contribution is -2.13.